The average molecular weight is 421 g/mol. The minimum atomic E-state index is -0.339. The minimum Gasteiger partial charge on any atom is -0.349 e. The number of benzene rings is 1. The molecular formula is C21H20FN7O2. The van der Waals surface area contributed by atoms with E-state index in [4.69, 9.17) is 0 Å². The van der Waals surface area contributed by atoms with Gasteiger partial charge in [0, 0.05) is 32.4 Å². The maximum Gasteiger partial charge on any atom is 0.346 e. The van der Waals surface area contributed by atoms with Crippen molar-refractivity contribution in [3.8, 4) is 22.8 Å². The zero-order chi connectivity index (χ0) is 22.0. The number of rotatable bonds is 6. The van der Waals surface area contributed by atoms with E-state index in [1.165, 1.54) is 26.1 Å². The monoisotopic (exact) mass is 421 g/mol. The number of nitrogens with one attached hydrogen (secondary N) is 1. The maximum absolute atomic E-state index is 13.1. The molecule has 0 radical (unpaired) electrons. The molecule has 3 heterocycles. The van der Waals surface area contributed by atoms with Gasteiger partial charge in [-0.25, -0.2) is 13.9 Å². The minimum absolute atomic E-state index is 0.202. The topological polar surface area (TPSA) is 99.6 Å². The van der Waals surface area contributed by atoms with Crippen LogP contribution in [0.5, 0.6) is 0 Å². The summed E-state index contributed by atoms with van der Waals surface area (Å²) >= 11 is 0. The van der Waals surface area contributed by atoms with E-state index in [0.29, 0.717) is 28.5 Å². The Hall–Kier alpha value is -4.08. The van der Waals surface area contributed by atoms with E-state index in [1.54, 1.807) is 50.6 Å². The zero-order valence-electron chi connectivity index (χ0n) is 17.0. The first-order valence-electron chi connectivity index (χ1n) is 9.57. The van der Waals surface area contributed by atoms with Gasteiger partial charge in [-0.15, -0.1) is 5.10 Å². The molecule has 3 aromatic heterocycles. The van der Waals surface area contributed by atoms with Crippen molar-refractivity contribution in [3.05, 3.63) is 76.7 Å². The normalized spacial score (nSPS) is 10.9. The van der Waals surface area contributed by atoms with Crippen molar-refractivity contribution in [2.75, 3.05) is 6.54 Å². The summed E-state index contributed by atoms with van der Waals surface area (Å²) in [6.07, 6.45) is 1.63. The van der Waals surface area contributed by atoms with Crippen LogP contribution in [-0.4, -0.2) is 41.6 Å². The van der Waals surface area contributed by atoms with Crippen LogP contribution in [0.1, 0.15) is 10.5 Å². The van der Waals surface area contributed by atoms with Crippen molar-refractivity contribution in [1.82, 2.24) is 34.4 Å². The number of halogens is 1. The molecule has 0 unspecified atom stereocenters. The van der Waals surface area contributed by atoms with Crippen LogP contribution in [0, 0.1) is 5.82 Å². The van der Waals surface area contributed by atoms with Crippen molar-refractivity contribution in [3.63, 3.8) is 0 Å². The van der Waals surface area contributed by atoms with Gasteiger partial charge in [-0.05, 0) is 42.5 Å². The number of hydrogen-bond acceptors (Lipinski definition) is 5. The third-order valence-electron chi connectivity index (χ3n) is 4.80. The first-order valence-corrected chi connectivity index (χ1v) is 9.57. The number of hydrogen-bond donors (Lipinski definition) is 1. The molecular weight excluding hydrogens is 401 g/mol. The summed E-state index contributed by atoms with van der Waals surface area (Å²) in [6.45, 7) is 0.405. The predicted molar refractivity (Wildman–Crippen MR) is 112 cm³/mol. The number of aryl methyl sites for hydroxylation is 1. The van der Waals surface area contributed by atoms with Crippen LogP contribution in [0.3, 0.4) is 0 Å². The smallest absolute Gasteiger partial charge is 0.346 e. The molecule has 10 heteroatoms. The van der Waals surface area contributed by atoms with Crippen LogP contribution < -0.4 is 11.0 Å². The molecule has 4 rings (SSSR count). The summed E-state index contributed by atoms with van der Waals surface area (Å²) in [4.78, 5) is 29.2. The Morgan fingerprint density at radius 2 is 1.84 bits per heavy atom. The van der Waals surface area contributed by atoms with Crippen LogP contribution in [0.15, 0.2) is 59.5 Å². The van der Waals surface area contributed by atoms with E-state index >= 15 is 0 Å². The Morgan fingerprint density at radius 3 is 2.55 bits per heavy atom. The van der Waals surface area contributed by atoms with E-state index in [9.17, 15) is 14.0 Å². The molecule has 4 aromatic rings. The highest BCUT2D eigenvalue weighted by atomic mass is 19.1. The summed E-state index contributed by atoms with van der Waals surface area (Å²) < 4.78 is 17.3. The lowest BCUT2D eigenvalue weighted by atomic mass is 10.1. The Kier molecular flexibility index (Phi) is 5.44. The third-order valence-corrected chi connectivity index (χ3v) is 4.80. The molecule has 0 fully saturated rings. The van der Waals surface area contributed by atoms with Crippen molar-refractivity contribution >= 4 is 5.91 Å². The number of carbonyl (C=O) groups excluding carboxylic acids is 1. The Balaban J connectivity index is 1.43. The fourth-order valence-corrected chi connectivity index (χ4v) is 3.16. The molecule has 0 aliphatic rings. The van der Waals surface area contributed by atoms with Crippen molar-refractivity contribution in [1.29, 1.82) is 0 Å². The molecule has 0 saturated heterocycles. The third kappa shape index (κ3) is 4.13. The van der Waals surface area contributed by atoms with Gasteiger partial charge in [-0.1, -0.05) is 6.07 Å². The zero-order valence-corrected chi connectivity index (χ0v) is 17.0. The highest BCUT2D eigenvalue weighted by molar-refractivity contribution is 5.93. The Morgan fingerprint density at radius 1 is 1.06 bits per heavy atom. The average Bonchev–Trinajstić information content (AvgIpc) is 3.30. The number of aromatic nitrogens is 6. The van der Waals surface area contributed by atoms with E-state index < -0.39 is 0 Å². The van der Waals surface area contributed by atoms with Gasteiger partial charge in [0.25, 0.3) is 5.91 Å². The van der Waals surface area contributed by atoms with Crippen LogP contribution in [0.25, 0.3) is 22.8 Å². The maximum atomic E-state index is 13.1. The Bertz CT molecular complexity index is 1270. The highest BCUT2D eigenvalue weighted by Gasteiger charge is 2.16. The summed E-state index contributed by atoms with van der Waals surface area (Å²) in [5.41, 5.74) is 1.91. The first-order chi connectivity index (χ1) is 14.9. The van der Waals surface area contributed by atoms with Crippen LogP contribution >= 0.6 is 0 Å². The summed E-state index contributed by atoms with van der Waals surface area (Å²) in [6, 6.07) is 12.9. The van der Waals surface area contributed by atoms with E-state index in [0.717, 1.165) is 0 Å². The van der Waals surface area contributed by atoms with Gasteiger partial charge in [0.2, 0.25) is 0 Å². The number of pyridine rings is 1. The molecule has 0 bridgehead atoms. The van der Waals surface area contributed by atoms with Crippen molar-refractivity contribution in [2.24, 2.45) is 14.1 Å². The van der Waals surface area contributed by atoms with Crippen molar-refractivity contribution < 1.29 is 9.18 Å². The van der Waals surface area contributed by atoms with Gasteiger partial charge in [-0.3, -0.25) is 19.0 Å². The first kappa shape index (κ1) is 20.2. The lowest BCUT2D eigenvalue weighted by molar-refractivity contribution is 0.0942. The summed E-state index contributed by atoms with van der Waals surface area (Å²) in [5.74, 6) is -0.224. The molecule has 1 N–H and O–H groups in total. The second kappa shape index (κ2) is 8.34. The SMILES string of the molecule is Cn1nc(-c2ccc(F)cc2)cc1C(=O)NCCn1nc(-c2ccccn2)n(C)c1=O. The molecule has 9 nitrogen and oxygen atoms in total. The van der Waals surface area contributed by atoms with Gasteiger partial charge < -0.3 is 5.32 Å². The second-order valence-electron chi connectivity index (χ2n) is 6.90. The molecule has 1 aromatic carbocycles. The van der Waals surface area contributed by atoms with E-state index in [1.807, 2.05) is 6.07 Å². The fourth-order valence-electron chi connectivity index (χ4n) is 3.16. The van der Waals surface area contributed by atoms with E-state index in [-0.39, 0.29) is 30.5 Å². The van der Waals surface area contributed by atoms with Gasteiger partial charge >= 0.3 is 5.69 Å². The molecule has 158 valence electrons. The standard InChI is InChI=1S/C21H20FN7O2/c1-27-19(16-5-3-4-10-23-16)26-29(21(27)31)12-11-24-20(30)18-13-17(25-28(18)2)14-6-8-15(22)9-7-14/h3-10,13H,11-12H2,1-2H3,(H,24,30). The predicted octanol–water partition coefficient (Wildman–Crippen LogP) is 1.61. The Labute approximate surface area is 176 Å². The molecule has 0 atom stereocenters. The number of nitrogens with zero attached hydrogens (tertiary/aromatic N) is 6. The highest BCUT2D eigenvalue weighted by Crippen LogP contribution is 2.19. The number of carbonyl (C=O) groups is 1. The second-order valence-corrected chi connectivity index (χ2v) is 6.90. The molecule has 0 aliphatic heterocycles. The fraction of sp³-hybridized carbons (Fsp3) is 0.190. The van der Waals surface area contributed by atoms with Gasteiger partial charge in [0.15, 0.2) is 5.82 Å². The van der Waals surface area contributed by atoms with Crippen LogP contribution in [0.2, 0.25) is 0 Å². The molecule has 0 aliphatic carbocycles. The van der Waals surface area contributed by atoms with Crippen LogP contribution in [0.4, 0.5) is 4.39 Å². The van der Waals surface area contributed by atoms with Gasteiger partial charge in [0.05, 0.1) is 12.2 Å². The quantitative estimate of drug-likeness (QED) is 0.510. The lowest BCUT2D eigenvalue weighted by Gasteiger charge is -2.04. The summed E-state index contributed by atoms with van der Waals surface area (Å²) in [7, 11) is 3.28. The number of amides is 1. The van der Waals surface area contributed by atoms with Crippen LogP contribution in [-0.2, 0) is 20.6 Å². The van der Waals surface area contributed by atoms with Gasteiger partial charge in [-0.2, -0.15) is 5.10 Å². The lowest BCUT2D eigenvalue weighted by Crippen LogP contribution is -2.32. The molecule has 0 saturated carbocycles. The van der Waals surface area contributed by atoms with Crippen molar-refractivity contribution in [2.45, 2.75) is 6.54 Å². The summed E-state index contributed by atoms with van der Waals surface area (Å²) in [5, 5.41) is 11.4. The molecule has 1 amide bonds. The van der Waals surface area contributed by atoms with Gasteiger partial charge in [0.1, 0.15) is 17.2 Å². The largest absolute Gasteiger partial charge is 0.349 e. The molecule has 31 heavy (non-hydrogen) atoms. The molecule has 0 spiro atoms. The van der Waals surface area contributed by atoms with E-state index in [2.05, 4.69) is 20.5 Å².